The van der Waals surface area contributed by atoms with Crippen LogP contribution < -0.4 is 0 Å². The molecule has 19 heavy (non-hydrogen) atoms. The Morgan fingerprint density at radius 1 is 1.42 bits per heavy atom. The molecular weight excluding hydrogens is 306 g/mol. The number of hydrogen-bond acceptors (Lipinski definition) is 7. The van der Waals surface area contributed by atoms with Crippen molar-refractivity contribution in [3.63, 3.8) is 0 Å². The topological polar surface area (TPSA) is 65.0 Å². The van der Waals surface area contributed by atoms with Gasteiger partial charge in [-0.05, 0) is 18.2 Å². The zero-order chi connectivity index (χ0) is 13.2. The third-order valence-corrected chi connectivity index (χ3v) is 4.19. The molecule has 0 radical (unpaired) electrons. The number of carbonyl (C=O) groups excluding carboxylic acids is 1. The first kappa shape index (κ1) is 12.5. The van der Waals surface area contributed by atoms with Crippen LogP contribution in [0, 0.1) is 0 Å². The lowest BCUT2D eigenvalue weighted by Gasteiger charge is -2.02. The number of halogens is 1. The van der Waals surface area contributed by atoms with Crippen molar-refractivity contribution in [2.24, 2.45) is 0 Å². The van der Waals surface area contributed by atoms with Gasteiger partial charge in [0.15, 0.2) is 0 Å². The van der Waals surface area contributed by atoms with E-state index in [4.69, 9.17) is 16.3 Å². The van der Waals surface area contributed by atoms with Crippen molar-refractivity contribution >= 4 is 50.7 Å². The molecule has 0 fully saturated rings. The highest BCUT2D eigenvalue weighted by Gasteiger charge is 2.12. The van der Waals surface area contributed by atoms with Gasteiger partial charge in [-0.1, -0.05) is 16.1 Å². The Morgan fingerprint density at radius 3 is 3.11 bits per heavy atom. The Labute approximate surface area is 121 Å². The monoisotopic (exact) mass is 311 g/mol. The van der Waals surface area contributed by atoms with E-state index in [-0.39, 0.29) is 6.61 Å². The molecule has 3 rings (SSSR count). The molecule has 0 spiro atoms. The summed E-state index contributed by atoms with van der Waals surface area (Å²) in [7, 11) is 0. The molecule has 0 saturated carbocycles. The molecule has 0 saturated heterocycles. The van der Waals surface area contributed by atoms with Crippen LogP contribution in [-0.2, 0) is 11.3 Å². The predicted molar refractivity (Wildman–Crippen MR) is 73.7 cm³/mol. The van der Waals surface area contributed by atoms with Crippen LogP contribution in [0.3, 0.4) is 0 Å². The average Bonchev–Trinajstić information content (AvgIpc) is 3.03. The molecule has 0 unspecified atom stereocenters. The fourth-order valence-corrected chi connectivity index (χ4v) is 2.80. The summed E-state index contributed by atoms with van der Waals surface area (Å²) in [5.74, 6) is -0.417. The van der Waals surface area contributed by atoms with Gasteiger partial charge in [-0.2, -0.15) is 0 Å². The summed E-state index contributed by atoms with van der Waals surface area (Å²) >= 11 is 8.37. The standard InChI is InChI=1S/C11H6ClN3O2S2/c12-10-8(14-15-19-10)4-17-11(16)6-1-2-7-9(3-6)18-5-13-7/h1-3,5H,4H2. The quantitative estimate of drug-likeness (QED) is 0.695. The SMILES string of the molecule is O=C(OCc1nnsc1Cl)c1ccc2ncsc2c1. The van der Waals surface area contributed by atoms with Gasteiger partial charge in [0.1, 0.15) is 16.6 Å². The number of aromatic nitrogens is 3. The molecular formula is C11H6ClN3O2S2. The second-order valence-corrected chi connectivity index (χ2v) is 5.85. The van der Waals surface area contributed by atoms with Gasteiger partial charge in [0.25, 0.3) is 0 Å². The normalized spacial score (nSPS) is 10.8. The van der Waals surface area contributed by atoms with Gasteiger partial charge in [0.05, 0.1) is 21.3 Å². The maximum Gasteiger partial charge on any atom is 0.338 e. The van der Waals surface area contributed by atoms with Gasteiger partial charge in [-0.25, -0.2) is 9.78 Å². The number of fused-ring (bicyclic) bond motifs is 1. The van der Waals surface area contributed by atoms with Crippen LogP contribution >= 0.6 is 34.5 Å². The van der Waals surface area contributed by atoms with Crippen molar-refractivity contribution in [2.75, 3.05) is 0 Å². The van der Waals surface area contributed by atoms with Gasteiger partial charge in [-0.15, -0.1) is 16.4 Å². The molecule has 0 aliphatic heterocycles. The molecule has 3 aromatic rings. The van der Waals surface area contributed by atoms with Crippen LogP contribution in [0.1, 0.15) is 16.1 Å². The Morgan fingerprint density at radius 2 is 2.32 bits per heavy atom. The van der Waals surface area contributed by atoms with E-state index in [0.717, 1.165) is 21.7 Å². The van der Waals surface area contributed by atoms with Crippen LogP contribution in [0.4, 0.5) is 0 Å². The number of rotatable bonds is 3. The van der Waals surface area contributed by atoms with Crippen molar-refractivity contribution in [2.45, 2.75) is 6.61 Å². The Bertz CT molecular complexity index is 740. The first-order valence-electron chi connectivity index (χ1n) is 5.21. The molecule has 96 valence electrons. The highest BCUT2D eigenvalue weighted by atomic mass is 35.5. The van der Waals surface area contributed by atoms with Crippen molar-refractivity contribution < 1.29 is 9.53 Å². The van der Waals surface area contributed by atoms with Crippen molar-refractivity contribution in [3.05, 3.63) is 39.3 Å². The van der Waals surface area contributed by atoms with E-state index in [1.54, 1.807) is 23.7 Å². The van der Waals surface area contributed by atoms with Crippen molar-refractivity contribution in [3.8, 4) is 0 Å². The van der Waals surface area contributed by atoms with E-state index < -0.39 is 5.97 Å². The van der Waals surface area contributed by atoms with E-state index in [9.17, 15) is 4.79 Å². The number of benzene rings is 1. The molecule has 8 heteroatoms. The van der Waals surface area contributed by atoms with Gasteiger partial charge < -0.3 is 4.74 Å². The van der Waals surface area contributed by atoms with E-state index in [1.807, 2.05) is 0 Å². The third-order valence-electron chi connectivity index (χ3n) is 2.42. The summed E-state index contributed by atoms with van der Waals surface area (Å²) < 4.78 is 10.2. The van der Waals surface area contributed by atoms with Crippen molar-refractivity contribution in [1.82, 2.24) is 14.6 Å². The molecule has 0 bridgehead atoms. The molecule has 1 aromatic carbocycles. The molecule has 2 heterocycles. The number of esters is 1. The third kappa shape index (κ3) is 2.58. The highest BCUT2D eigenvalue weighted by molar-refractivity contribution is 7.16. The molecule has 5 nitrogen and oxygen atoms in total. The second-order valence-electron chi connectivity index (χ2n) is 3.60. The van der Waals surface area contributed by atoms with Gasteiger partial charge >= 0.3 is 5.97 Å². The smallest absolute Gasteiger partial charge is 0.338 e. The Hall–Kier alpha value is -1.57. The number of hydrogen-bond donors (Lipinski definition) is 0. The van der Waals surface area contributed by atoms with E-state index in [1.165, 1.54) is 11.3 Å². The molecule has 0 aliphatic carbocycles. The van der Waals surface area contributed by atoms with Crippen LogP contribution in [0.5, 0.6) is 0 Å². The molecule has 0 amide bonds. The zero-order valence-electron chi connectivity index (χ0n) is 9.37. The number of nitrogens with zero attached hydrogens (tertiary/aromatic N) is 3. The molecule has 0 atom stereocenters. The second kappa shape index (κ2) is 5.20. The van der Waals surface area contributed by atoms with Gasteiger partial charge in [0, 0.05) is 11.5 Å². The van der Waals surface area contributed by atoms with Gasteiger partial charge in [0.2, 0.25) is 0 Å². The lowest BCUT2D eigenvalue weighted by molar-refractivity contribution is 0.0468. The first-order chi connectivity index (χ1) is 9.24. The van der Waals surface area contributed by atoms with Gasteiger partial charge in [-0.3, -0.25) is 0 Å². The number of thiazole rings is 1. The minimum atomic E-state index is -0.417. The minimum absolute atomic E-state index is 0.0227. The van der Waals surface area contributed by atoms with E-state index >= 15 is 0 Å². The van der Waals surface area contributed by atoms with E-state index in [2.05, 4.69) is 14.6 Å². The molecule has 0 N–H and O–H groups in total. The first-order valence-corrected chi connectivity index (χ1v) is 7.24. The minimum Gasteiger partial charge on any atom is -0.455 e. The average molecular weight is 312 g/mol. The summed E-state index contributed by atoms with van der Waals surface area (Å²) in [6.45, 7) is 0.0227. The van der Waals surface area contributed by atoms with Crippen LogP contribution in [0.25, 0.3) is 10.2 Å². The van der Waals surface area contributed by atoms with Crippen LogP contribution in [0.2, 0.25) is 4.34 Å². The molecule has 2 aromatic heterocycles. The summed E-state index contributed by atoms with van der Waals surface area (Å²) in [5.41, 5.74) is 3.56. The number of ether oxygens (including phenoxy) is 1. The maximum absolute atomic E-state index is 11.9. The lowest BCUT2D eigenvalue weighted by atomic mass is 10.2. The van der Waals surface area contributed by atoms with Crippen LogP contribution in [-0.4, -0.2) is 20.5 Å². The highest BCUT2D eigenvalue weighted by Crippen LogP contribution is 2.21. The summed E-state index contributed by atoms with van der Waals surface area (Å²) in [6, 6.07) is 5.24. The van der Waals surface area contributed by atoms with Crippen LogP contribution in [0.15, 0.2) is 23.7 Å². The van der Waals surface area contributed by atoms with E-state index in [0.29, 0.717) is 15.6 Å². The summed E-state index contributed by atoms with van der Waals surface area (Å²) in [6.07, 6.45) is 0. The fourth-order valence-electron chi connectivity index (χ4n) is 1.48. The summed E-state index contributed by atoms with van der Waals surface area (Å²) in [4.78, 5) is 16.0. The Kier molecular flexibility index (Phi) is 3.41. The number of carbonyl (C=O) groups is 1. The fraction of sp³-hybridized carbons (Fsp3) is 0.0909. The maximum atomic E-state index is 11.9. The summed E-state index contributed by atoms with van der Waals surface area (Å²) in [5, 5.41) is 3.77. The molecule has 0 aliphatic rings. The predicted octanol–water partition coefficient (Wildman–Crippen LogP) is 3.16. The zero-order valence-corrected chi connectivity index (χ0v) is 11.8. The lowest BCUT2D eigenvalue weighted by Crippen LogP contribution is -2.05. The largest absolute Gasteiger partial charge is 0.455 e. The van der Waals surface area contributed by atoms with Crippen molar-refractivity contribution in [1.29, 1.82) is 0 Å². The Balaban J connectivity index is 1.74.